The molecule has 6 nitrogen and oxygen atoms in total. The van der Waals surface area contributed by atoms with E-state index in [4.69, 9.17) is 4.98 Å². The van der Waals surface area contributed by atoms with Gasteiger partial charge in [-0.3, -0.25) is 4.90 Å². The summed E-state index contributed by atoms with van der Waals surface area (Å²) in [4.78, 5) is 22.9. The molecule has 3 rings (SSSR count). The van der Waals surface area contributed by atoms with E-state index in [-0.39, 0.29) is 11.6 Å². The van der Waals surface area contributed by atoms with Crippen LogP contribution in [0.1, 0.15) is 24.4 Å². The van der Waals surface area contributed by atoms with Crippen molar-refractivity contribution in [2.45, 2.75) is 31.8 Å². The summed E-state index contributed by atoms with van der Waals surface area (Å²) in [6.45, 7) is 5.78. The van der Waals surface area contributed by atoms with Gasteiger partial charge in [0.05, 0.1) is 5.54 Å². The van der Waals surface area contributed by atoms with Crippen molar-refractivity contribution in [3.8, 4) is 0 Å². The second kappa shape index (κ2) is 5.02. The van der Waals surface area contributed by atoms with E-state index >= 15 is 0 Å². The molecule has 116 valence electrons. The van der Waals surface area contributed by atoms with Crippen LogP contribution < -0.4 is 0 Å². The predicted molar refractivity (Wildman–Crippen MR) is 81.2 cm³/mol. The van der Waals surface area contributed by atoms with E-state index < -0.39 is 0 Å². The van der Waals surface area contributed by atoms with Crippen molar-refractivity contribution in [3.05, 3.63) is 17.7 Å². The number of fused-ring (bicyclic) bond motifs is 2. The molecule has 0 radical (unpaired) electrons. The summed E-state index contributed by atoms with van der Waals surface area (Å²) in [6.07, 6.45) is 3.90. The lowest BCUT2D eigenvalue weighted by atomic mass is 9.83. The number of nitrogens with zero attached hydrogens (tertiary/aromatic N) is 5. The van der Waals surface area contributed by atoms with Gasteiger partial charge in [-0.05, 0) is 26.8 Å². The smallest absolute Gasteiger partial charge is 0.319 e. The van der Waals surface area contributed by atoms with Crippen LogP contribution in [0.4, 0.5) is 4.79 Å². The van der Waals surface area contributed by atoms with Gasteiger partial charge < -0.3 is 14.4 Å². The van der Waals surface area contributed by atoms with Crippen molar-refractivity contribution in [2.75, 3.05) is 40.8 Å². The van der Waals surface area contributed by atoms with Crippen molar-refractivity contribution in [1.82, 2.24) is 24.3 Å². The molecule has 2 aliphatic heterocycles. The molecular formula is C15H25N5O. The highest BCUT2D eigenvalue weighted by Crippen LogP contribution is 2.40. The number of likely N-dealkylation sites (tertiary alicyclic amines) is 1. The molecule has 0 unspecified atom stereocenters. The van der Waals surface area contributed by atoms with E-state index in [0.717, 1.165) is 39.0 Å². The maximum atomic E-state index is 12.1. The summed E-state index contributed by atoms with van der Waals surface area (Å²) in [5.74, 6) is 1.19. The van der Waals surface area contributed by atoms with Gasteiger partial charge in [-0.2, -0.15) is 0 Å². The van der Waals surface area contributed by atoms with Gasteiger partial charge in [0.25, 0.3) is 0 Å². The van der Waals surface area contributed by atoms with Crippen LogP contribution in [-0.2, 0) is 12.1 Å². The zero-order valence-electron chi connectivity index (χ0n) is 13.5. The molecule has 1 aromatic rings. The fourth-order valence-corrected chi connectivity index (χ4v) is 3.71. The first-order valence-corrected chi connectivity index (χ1v) is 7.66. The summed E-state index contributed by atoms with van der Waals surface area (Å²) < 4.78 is 2.35. The molecule has 6 heteroatoms. The fraction of sp³-hybridized carbons (Fsp3) is 0.733. The molecule has 0 aromatic carbocycles. The Labute approximate surface area is 126 Å². The molecule has 2 aliphatic rings. The first-order chi connectivity index (χ1) is 9.95. The first kappa shape index (κ1) is 14.4. The number of carbonyl (C=O) groups excluding carboxylic acids is 1. The third-order valence-corrected chi connectivity index (χ3v) is 5.10. The molecule has 1 fully saturated rings. The average molecular weight is 291 g/mol. The normalized spacial score (nSPS) is 21.4. The molecular weight excluding hydrogens is 266 g/mol. The number of likely N-dealkylation sites (N-methyl/N-ethyl adjacent to an activating group) is 1. The Kier molecular flexibility index (Phi) is 3.43. The number of piperidine rings is 1. The second-order valence-corrected chi connectivity index (χ2v) is 6.49. The standard InChI is InChI=1S/C15H25N5O/c1-12-11-16-13-15(18(4)9-10-20(12)13)5-7-19(8-6-15)14(21)17(2)3/h11H,5-10H2,1-4H3. The fourth-order valence-electron chi connectivity index (χ4n) is 3.71. The molecule has 2 amide bonds. The van der Waals surface area contributed by atoms with E-state index in [1.165, 1.54) is 11.5 Å². The van der Waals surface area contributed by atoms with E-state index in [1.807, 2.05) is 25.2 Å². The van der Waals surface area contributed by atoms with Crippen LogP contribution in [-0.4, -0.2) is 71.1 Å². The van der Waals surface area contributed by atoms with Crippen LogP contribution in [0.2, 0.25) is 0 Å². The number of aromatic nitrogens is 2. The van der Waals surface area contributed by atoms with Crippen LogP contribution >= 0.6 is 0 Å². The predicted octanol–water partition coefficient (Wildman–Crippen LogP) is 1.11. The van der Waals surface area contributed by atoms with Crippen LogP contribution in [0.15, 0.2) is 6.20 Å². The van der Waals surface area contributed by atoms with Gasteiger partial charge in [0.1, 0.15) is 5.82 Å². The SMILES string of the molecule is Cc1cnc2n1CCN(C)C21CCN(C(=O)N(C)C)CC1. The maximum absolute atomic E-state index is 12.1. The molecule has 3 heterocycles. The number of carbonyl (C=O) groups is 1. The van der Waals surface area contributed by atoms with Crippen LogP contribution in [0.25, 0.3) is 0 Å². The Morgan fingerprint density at radius 3 is 2.52 bits per heavy atom. The number of urea groups is 1. The number of hydrogen-bond acceptors (Lipinski definition) is 3. The largest absolute Gasteiger partial charge is 0.331 e. The van der Waals surface area contributed by atoms with Gasteiger partial charge in [0.15, 0.2) is 0 Å². The van der Waals surface area contributed by atoms with Crippen LogP contribution in [0.3, 0.4) is 0 Å². The van der Waals surface area contributed by atoms with Crippen molar-refractivity contribution >= 4 is 6.03 Å². The zero-order chi connectivity index (χ0) is 15.2. The topological polar surface area (TPSA) is 44.6 Å². The number of aryl methyl sites for hydroxylation is 1. The van der Waals surface area contributed by atoms with Gasteiger partial charge >= 0.3 is 6.03 Å². The monoisotopic (exact) mass is 291 g/mol. The minimum absolute atomic E-state index is 0.00436. The number of hydrogen-bond donors (Lipinski definition) is 0. The second-order valence-electron chi connectivity index (χ2n) is 6.49. The van der Waals surface area contributed by atoms with Gasteiger partial charge in [-0.25, -0.2) is 9.78 Å². The Balaban J connectivity index is 1.85. The quantitative estimate of drug-likeness (QED) is 0.719. The number of imidazole rings is 1. The summed E-state index contributed by atoms with van der Waals surface area (Å²) >= 11 is 0. The van der Waals surface area contributed by atoms with Gasteiger partial charge in [0, 0.05) is 52.2 Å². The lowest BCUT2D eigenvalue weighted by Gasteiger charge is -2.49. The van der Waals surface area contributed by atoms with Crippen molar-refractivity contribution in [3.63, 3.8) is 0 Å². The highest BCUT2D eigenvalue weighted by Gasteiger charge is 2.46. The van der Waals surface area contributed by atoms with Gasteiger partial charge in [0.2, 0.25) is 0 Å². The summed E-state index contributed by atoms with van der Waals surface area (Å²) in [6, 6.07) is 0.114. The average Bonchev–Trinajstić information content (AvgIpc) is 2.85. The lowest BCUT2D eigenvalue weighted by Crippen LogP contribution is -2.57. The van der Waals surface area contributed by atoms with E-state index in [1.54, 1.807) is 4.90 Å². The molecule has 1 saturated heterocycles. The third kappa shape index (κ3) is 2.12. The molecule has 0 bridgehead atoms. The Bertz CT molecular complexity index is 542. The van der Waals surface area contributed by atoms with Crippen molar-refractivity contribution < 1.29 is 4.79 Å². The highest BCUT2D eigenvalue weighted by atomic mass is 16.2. The molecule has 21 heavy (non-hydrogen) atoms. The maximum Gasteiger partial charge on any atom is 0.319 e. The molecule has 0 aliphatic carbocycles. The van der Waals surface area contributed by atoms with Crippen LogP contribution in [0, 0.1) is 6.92 Å². The molecule has 0 saturated carbocycles. The third-order valence-electron chi connectivity index (χ3n) is 5.10. The Morgan fingerprint density at radius 1 is 1.24 bits per heavy atom. The van der Waals surface area contributed by atoms with E-state index in [9.17, 15) is 4.79 Å². The van der Waals surface area contributed by atoms with E-state index in [2.05, 4.69) is 23.4 Å². The Morgan fingerprint density at radius 2 is 1.90 bits per heavy atom. The van der Waals surface area contributed by atoms with E-state index in [0.29, 0.717) is 0 Å². The molecule has 1 aromatic heterocycles. The van der Waals surface area contributed by atoms with Crippen molar-refractivity contribution in [1.29, 1.82) is 0 Å². The minimum Gasteiger partial charge on any atom is -0.331 e. The van der Waals surface area contributed by atoms with Gasteiger partial charge in [-0.15, -0.1) is 0 Å². The van der Waals surface area contributed by atoms with Crippen molar-refractivity contribution in [2.24, 2.45) is 0 Å². The first-order valence-electron chi connectivity index (χ1n) is 7.66. The molecule has 1 spiro atoms. The Hall–Kier alpha value is -1.56. The zero-order valence-corrected chi connectivity index (χ0v) is 13.5. The summed E-state index contributed by atoms with van der Waals surface area (Å²) in [7, 11) is 5.82. The lowest BCUT2D eigenvalue weighted by molar-refractivity contribution is 0.0151. The molecule has 0 atom stereocenters. The highest BCUT2D eigenvalue weighted by molar-refractivity contribution is 5.73. The van der Waals surface area contributed by atoms with Crippen LogP contribution in [0.5, 0.6) is 0 Å². The van der Waals surface area contributed by atoms with Gasteiger partial charge in [-0.1, -0.05) is 0 Å². The molecule has 0 N–H and O–H groups in total. The minimum atomic E-state index is -0.00436. The summed E-state index contributed by atoms with van der Waals surface area (Å²) in [5.41, 5.74) is 1.24. The number of amides is 2. The number of rotatable bonds is 0. The summed E-state index contributed by atoms with van der Waals surface area (Å²) in [5, 5.41) is 0.